The largest absolute Gasteiger partial charge is 0.508 e. The number of phenolic OH excluding ortho intramolecular Hbond substituents is 1. The van der Waals surface area contributed by atoms with E-state index in [1.807, 2.05) is 12.1 Å². The molecule has 0 aliphatic rings. The summed E-state index contributed by atoms with van der Waals surface area (Å²) in [5.41, 5.74) is 3.60. The van der Waals surface area contributed by atoms with Gasteiger partial charge in [-0.3, -0.25) is 9.93 Å². The van der Waals surface area contributed by atoms with Crippen molar-refractivity contribution in [2.75, 3.05) is 0 Å². The molecule has 4 aromatic rings. The molecule has 0 atom stereocenters. The number of pyridine rings is 1. The summed E-state index contributed by atoms with van der Waals surface area (Å²) in [7, 11) is 0. The lowest BCUT2D eigenvalue weighted by molar-refractivity contribution is -0.00614. The van der Waals surface area contributed by atoms with Crippen molar-refractivity contribution in [3.8, 4) is 34.0 Å². The smallest absolute Gasteiger partial charge is 0.172 e. The summed E-state index contributed by atoms with van der Waals surface area (Å²) in [5.74, 6) is 0.720. The van der Waals surface area contributed by atoms with Crippen molar-refractivity contribution in [3.63, 3.8) is 0 Å². The van der Waals surface area contributed by atoms with Crippen LogP contribution in [0.4, 0.5) is 4.53 Å². The minimum atomic E-state index is 0.0906. The molecule has 0 unspecified atom stereocenters. The van der Waals surface area contributed by atoms with Crippen LogP contribution in [0.1, 0.15) is 0 Å². The third-order valence-electron chi connectivity index (χ3n) is 3.79. The predicted octanol–water partition coefficient (Wildman–Crippen LogP) is 4.33. The lowest BCUT2D eigenvalue weighted by atomic mass is 10.1. The monoisotopic (exact) mass is 333 g/mol. The van der Waals surface area contributed by atoms with Gasteiger partial charge in [-0.05, 0) is 35.9 Å². The Morgan fingerprint density at radius 3 is 2.48 bits per heavy atom. The predicted molar refractivity (Wildman–Crippen MR) is 91.6 cm³/mol. The number of benzene rings is 2. The van der Waals surface area contributed by atoms with E-state index in [1.54, 1.807) is 42.7 Å². The van der Waals surface area contributed by atoms with Gasteiger partial charge in [0, 0.05) is 21.8 Å². The van der Waals surface area contributed by atoms with Gasteiger partial charge in [0.05, 0.1) is 11.7 Å². The summed E-state index contributed by atoms with van der Waals surface area (Å²) < 4.78 is 12.4. The van der Waals surface area contributed by atoms with Crippen molar-refractivity contribution in [2.45, 2.75) is 0 Å². The number of aromatic hydroxyl groups is 1. The van der Waals surface area contributed by atoms with Crippen LogP contribution in [0.2, 0.25) is 0 Å². The van der Waals surface area contributed by atoms with Crippen molar-refractivity contribution >= 4 is 11.0 Å². The molecule has 0 saturated carbocycles. The zero-order chi connectivity index (χ0) is 17.2. The summed E-state index contributed by atoms with van der Waals surface area (Å²) in [4.78, 5) is 16.9. The molecule has 0 aliphatic carbocycles. The average molecular weight is 333 g/mol. The Balaban J connectivity index is 1.81. The second-order valence-corrected chi connectivity index (χ2v) is 5.48. The fourth-order valence-corrected chi connectivity index (χ4v) is 2.58. The first-order valence-corrected chi connectivity index (χ1v) is 7.54. The zero-order valence-corrected chi connectivity index (χ0v) is 12.9. The summed E-state index contributed by atoms with van der Waals surface area (Å²) in [5, 5.41) is 9.64. The highest BCUT2D eigenvalue weighted by Crippen LogP contribution is 2.26. The van der Waals surface area contributed by atoms with Crippen LogP contribution in [0.25, 0.3) is 33.5 Å². The van der Waals surface area contributed by atoms with Gasteiger partial charge in [-0.2, -0.15) is 0 Å². The van der Waals surface area contributed by atoms with Gasteiger partial charge < -0.3 is 5.11 Å². The quantitative estimate of drug-likeness (QED) is 0.604. The number of halogens is 1. The van der Waals surface area contributed by atoms with Crippen LogP contribution in [0.3, 0.4) is 0 Å². The van der Waals surface area contributed by atoms with Gasteiger partial charge >= 0.3 is 0 Å². The summed E-state index contributed by atoms with van der Waals surface area (Å²) in [6, 6.07) is 15.3. The maximum Gasteiger partial charge on any atom is 0.172 e. The minimum Gasteiger partial charge on any atom is -0.508 e. The van der Waals surface area contributed by atoms with E-state index in [2.05, 4.69) is 19.9 Å². The molecule has 122 valence electrons. The van der Waals surface area contributed by atoms with E-state index < -0.39 is 0 Å². The number of hydrogen-bond donors (Lipinski definition) is 1. The number of rotatable bonds is 3. The summed E-state index contributed by atoms with van der Waals surface area (Å²) in [6.45, 7) is 0. The number of fused-ring (bicyclic) bond motifs is 1. The van der Waals surface area contributed by atoms with Gasteiger partial charge in [0.2, 0.25) is 0 Å². The van der Waals surface area contributed by atoms with Crippen LogP contribution < -0.4 is 4.94 Å². The molecule has 1 N–H and O–H groups in total. The molecule has 2 aromatic heterocycles. The second-order valence-electron chi connectivity index (χ2n) is 5.48. The van der Waals surface area contributed by atoms with Gasteiger partial charge in [0.25, 0.3) is 0 Å². The molecule has 0 radical (unpaired) electrons. The van der Waals surface area contributed by atoms with E-state index >= 15 is 0 Å². The number of hydrogen-bond acceptors (Lipinski definition) is 5. The van der Waals surface area contributed by atoms with Crippen LogP contribution in [0.5, 0.6) is 11.5 Å². The Labute approximate surface area is 142 Å². The first kappa shape index (κ1) is 15.0. The maximum atomic E-state index is 12.4. The molecule has 6 heteroatoms. The standard InChI is InChI=1S/C19H12FN3O2/c20-25-16-6-2-4-13(8-16)19-22-11-18-17(23-19)9-14(10-21-18)12-3-1-5-15(24)7-12/h1-11,24H. The molecule has 0 fully saturated rings. The van der Waals surface area contributed by atoms with E-state index in [1.165, 1.54) is 12.1 Å². The van der Waals surface area contributed by atoms with Crippen LogP contribution in [-0.4, -0.2) is 20.1 Å². The van der Waals surface area contributed by atoms with Crippen LogP contribution >= 0.6 is 0 Å². The lowest BCUT2D eigenvalue weighted by Crippen LogP contribution is -1.92. The second kappa shape index (κ2) is 6.16. The molecular weight excluding hydrogens is 321 g/mol. The Bertz CT molecular complexity index is 1070. The molecule has 5 nitrogen and oxygen atoms in total. The van der Waals surface area contributed by atoms with E-state index in [0.717, 1.165) is 11.1 Å². The summed E-state index contributed by atoms with van der Waals surface area (Å²) >= 11 is 0. The first-order chi connectivity index (χ1) is 12.2. The van der Waals surface area contributed by atoms with E-state index in [-0.39, 0.29) is 11.5 Å². The lowest BCUT2D eigenvalue weighted by Gasteiger charge is -2.06. The van der Waals surface area contributed by atoms with Gasteiger partial charge in [0.15, 0.2) is 11.6 Å². The molecule has 0 aliphatic heterocycles. The fraction of sp³-hybridized carbons (Fsp3) is 0. The Morgan fingerprint density at radius 1 is 0.800 bits per heavy atom. The SMILES string of the molecule is Oc1cccc(-c2cnc3cnc(-c4cccc(OF)c4)nc3c2)c1. The van der Waals surface area contributed by atoms with Crippen LogP contribution in [-0.2, 0) is 0 Å². The van der Waals surface area contributed by atoms with Crippen LogP contribution in [0, 0.1) is 0 Å². The third-order valence-corrected chi connectivity index (χ3v) is 3.79. The van der Waals surface area contributed by atoms with Crippen molar-refractivity contribution in [2.24, 2.45) is 0 Å². The highest BCUT2D eigenvalue weighted by Gasteiger charge is 2.08. The molecule has 25 heavy (non-hydrogen) atoms. The first-order valence-electron chi connectivity index (χ1n) is 7.54. The molecule has 0 spiro atoms. The molecule has 0 bridgehead atoms. The highest BCUT2D eigenvalue weighted by molar-refractivity contribution is 5.81. The van der Waals surface area contributed by atoms with E-state index in [9.17, 15) is 9.63 Å². The van der Waals surface area contributed by atoms with Crippen molar-refractivity contribution in [3.05, 3.63) is 67.0 Å². The summed E-state index contributed by atoms with van der Waals surface area (Å²) in [6.07, 6.45) is 3.32. The number of aromatic nitrogens is 3. The number of phenols is 1. The molecule has 0 amide bonds. The average Bonchev–Trinajstić information content (AvgIpc) is 2.67. The highest BCUT2D eigenvalue weighted by atomic mass is 19.3. The molecular formula is C19H12FN3O2. The van der Waals surface area contributed by atoms with Crippen molar-refractivity contribution < 1.29 is 14.6 Å². The van der Waals surface area contributed by atoms with E-state index in [4.69, 9.17) is 0 Å². The Hall–Kier alpha value is -3.54. The zero-order valence-electron chi connectivity index (χ0n) is 12.9. The Kier molecular flexibility index (Phi) is 3.70. The number of nitrogens with zero attached hydrogens (tertiary/aromatic N) is 3. The van der Waals surface area contributed by atoms with Gasteiger partial charge in [-0.25, -0.2) is 9.97 Å². The topological polar surface area (TPSA) is 68.1 Å². The van der Waals surface area contributed by atoms with Gasteiger partial charge in [-0.15, -0.1) is 0 Å². The molecule has 0 saturated heterocycles. The maximum absolute atomic E-state index is 12.4. The molecule has 2 heterocycles. The minimum absolute atomic E-state index is 0.0906. The van der Waals surface area contributed by atoms with Crippen LogP contribution in [0.15, 0.2) is 67.0 Å². The molecule has 2 aromatic carbocycles. The van der Waals surface area contributed by atoms with Crippen molar-refractivity contribution in [1.82, 2.24) is 15.0 Å². The Morgan fingerprint density at radius 2 is 1.64 bits per heavy atom. The fourth-order valence-electron chi connectivity index (χ4n) is 2.58. The normalized spacial score (nSPS) is 10.8. The third kappa shape index (κ3) is 2.97. The van der Waals surface area contributed by atoms with Gasteiger partial charge in [-0.1, -0.05) is 24.3 Å². The van der Waals surface area contributed by atoms with Crippen molar-refractivity contribution in [1.29, 1.82) is 0 Å². The van der Waals surface area contributed by atoms with E-state index in [0.29, 0.717) is 22.4 Å². The molecule has 4 rings (SSSR count). The van der Waals surface area contributed by atoms with Gasteiger partial charge in [0.1, 0.15) is 11.3 Å².